The van der Waals surface area contributed by atoms with Crippen molar-refractivity contribution >= 4 is 34.4 Å². The maximum Gasteiger partial charge on any atom is 0.209 e. The number of nitrogens with zero attached hydrogens (tertiary/aromatic N) is 4. The first-order chi connectivity index (χ1) is 12.1. The third-order valence-electron chi connectivity index (χ3n) is 4.06. The van der Waals surface area contributed by atoms with E-state index < -0.39 is 0 Å². The van der Waals surface area contributed by atoms with Gasteiger partial charge in [-0.15, -0.1) is 5.10 Å². The number of hydrogen-bond acceptors (Lipinski definition) is 4. The maximum absolute atomic E-state index is 6.05. The second-order valence-electron chi connectivity index (χ2n) is 5.84. The molecule has 4 aromatic rings. The molecule has 4 rings (SSSR count). The van der Waals surface area contributed by atoms with E-state index in [1.54, 1.807) is 11.8 Å². The molecule has 0 fully saturated rings. The summed E-state index contributed by atoms with van der Waals surface area (Å²) in [5, 5.41) is 8.70. The Kier molecular flexibility index (Phi) is 4.23. The van der Waals surface area contributed by atoms with Crippen LogP contribution in [0.1, 0.15) is 11.4 Å². The number of halogens is 1. The summed E-state index contributed by atoms with van der Waals surface area (Å²) >= 11 is 7.60. The van der Waals surface area contributed by atoms with Crippen molar-refractivity contribution < 1.29 is 0 Å². The minimum Gasteiger partial charge on any atom is -0.330 e. The standard InChI is InChI=1S/C18H16ClN5S/c1-11-3-5-12(6-4-11)17-21-18(23-22-17)25-10-16-20-14-9-13(19)7-8-15(14)24(16)2/h3-9H,10H2,1-2H3,(H,21,22,23). The van der Waals surface area contributed by atoms with Gasteiger partial charge in [-0.3, -0.25) is 5.10 Å². The average molecular weight is 370 g/mol. The summed E-state index contributed by atoms with van der Waals surface area (Å²) in [6.45, 7) is 2.06. The zero-order chi connectivity index (χ0) is 17.4. The van der Waals surface area contributed by atoms with Crippen LogP contribution in [0.4, 0.5) is 0 Å². The van der Waals surface area contributed by atoms with Crippen LogP contribution in [0.25, 0.3) is 22.4 Å². The second kappa shape index (κ2) is 6.54. The number of imidazole rings is 1. The molecule has 0 bridgehead atoms. The van der Waals surface area contributed by atoms with Gasteiger partial charge in [0.15, 0.2) is 5.82 Å². The lowest BCUT2D eigenvalue weighted by Crippen LogP contribution is -1.95. The lowest BCUT2D eigenvalue weighted by Gasteiger charge is -2.00. The normalized spacial score (nSPS) is 11.3. The number of nitrogens with one attached hydrogen (secondary N) is 1. The SMILES string of the molecule is Cc1ccc(-c2nc(SCc3nc4cc(Cl)ccc4n3C)n[nH]2)cc1. The Labute approximate surface area is 154 Å². The highest BCUT2D eigenvalue weighted by atomic mass is 35.5. The molecule has 0 atom stereocenters. The Morgan fingerprint density at radius 1 is 1.12 bits per heavy atom. The van der Waals surface area contributed by atoms with Gasteiger partial charge in [0, 0.05) is 17.6 Å². The molecule has 0 amide bonds. The van der Waals surface area contributed by atoms with Crippen LogP contribution in [0, 0.1) is 6.92 Å². The first-order valence-electron chi connectivity index (χ1n) is 7.83. The van der Waals surface area contributed by atoms with Gasteiger partial charge in [-0.25, -0.2) is 9.97 Å². The molecule has 0 aliphatic rings. The monoisotopic (exact) mass is 369 g/mol. The van der Waals surface area contributed by atoms with Crippen LogP contribution < -0.4 is 0 Å². The zero-order valence-corrected chi connectivity index (χ0v) is 15.4. The average Bonchev–Trinajstić information content (AvgIpc) is 3.18. The Balaban J connectivity index is 1.52. The van der Waals surface area contributed by atoms with Crippen molar-refractivity contribution in [2.45, 2.75) is 17.8 Å². The molecule has 0 saturated heterocycles. The summed E-state index contributed by atoms with van der Waals surface area (Å²) in [7, 11) is 2.01. The molecule has 0 unspecified atom stereocenters. The molecule has 1 N–H and O–H groups in total. The van der Waals surface area contributed by atoms with Crippen LogP contribution in [0.2, 0.25) is 5.02 Å². The van der Waals surface area contributed by atoms with E-state index in [9.17, 15) is 0 Å². The van der Waals surface area contributed by atoms with Gasteiger partial charge in [0.2, 0.25) is 5.16 Å². The van der Waals surface area contributed by atoms with E-state index in [0.717, 1.165) is 28.2 Å². The van der Waals surface area contributed by atoms with Gasteiger partial charge in [-0.05, 0) is 25.1 Å². The van der Waals surface area contributed by atoms with Crippen LogP contribution in [-0.2, 0) is 12.8 Å². The van der Waals surface area contributed by atoms with Gasteiger partial charge in [0.05, 0.1) is 16.8 Å². The van der Waals surface area contributed by atoms with Crippen LogP contribution in [0.15, 0.2) is 47.6 Å². The first-order valence-corrected chi connectivity index (χ1v) is 9.19. The van der Waals surface area contributed by atoms with Crippen molar-refractivity contribution in [2.75, 3.05) is 0 Å². The fraction of sp³-hybridized carbons (Fsp3) is 0.167. The van der Waals surface area contributed by atoms with Crippen LogP contribution in [0.3, 0.4) is 0 Å². The highest BCUT2D eigenvalue weighted by Gasteiger charge is 2.11. The van der Waals surface area contributed by atoms with Gasteiger partial charge in [0.1, 0.15) is 5.82 Å². The predicted molar refractivity (Wildman–Crippen MR) is 102 cm³/mol. The van der Waals surface area contributed by atoms with E-state index in [1.165, 1.54) is 5.56 Å². The number of aromatic nitrogens is 5. The van der Waals surface area contributed by atoms with Gasteiger partial charge in [-0.1, -0.05) is 53.2 Å². The van der Waals surface area contributed by atoms with Gasteiger partial charge >= 0.3 is 0 Å². The molecular formula is C18H16ClN5S. The third-order valence-corrected chi connectivity index (χ3v) is 5.13. The smallest absolute Gasteiger partial charge is 0.209 e. The second-order valence-corrected chi connectivity index (χ2v) is 7.22. The molecule has 2 aromatic heterocycles. The summed E-state index contributed by atoms with van der Waals surface area (Å²) in [5.41, 5.74) is 4.22. The lowest BCUT2D eigenvalue weighted by atomic mass is 10.1. The number of H-pyrrole nitrogens is 1. The van der Waals surface area contributed by atoms with Gasteiger partial charge in [0.25, 0.3) is 0 Å². The molecule has 2 aromatic carbocycles. The molecule has 2 heterocycles. The molecular weight excluding hydrogens is 354 g/mol. The van der Waals surface area contributed by atoms with Gasteiger partial charge < -0.3 is 4.57 Å². The van der Waals surface area contributed by atoms with Crippen LogP contribution >= 0.6 is 23.4 Å². The van der Waals surface area contributed by atoms with Crippen LogP contribution in [-0.4, -0.2) is 24.7 Å². The summed E-state index contributed by atoms with van der Waals surface area (Å²) in [6, 6.07) is 14.0. The quantitative estimate of drug-likeness (QED) is 0.533. The number of aromatic amines is 1. The third kappa shape index (κ3) is 3.27. The molecule has 7 heteroatoms. The maximum atomic E-state index is 6.05. The first kappa shape index (κ1) is 16.2. The minimum absolute atomic E-state index is 0.688. The van der Waals surface area contributed by atoms with Crippen molar-refractivity contribution in [1.29, 1.82) is 0 Å². The van der Waals surface area contributed by atoms with E-state index in [2.05, 4.69) is 43.8 Å². The topological polar surface area (TPSA) is 59.4 Å². The Hall–Kier alpha value is -2.31. The lowest BCUT2D eigenvalue weighted by molar-refractivity contribution is 0.873. The summed E-state index contributed by atoms with van der Waals surface area (Å²) < 4.78 is 2.08. The summed E-state index contributed by atoms with van der Waals surface area (Å²) in [4.78, 5) is 9.22. The zero-order valence-electron chi connectivity index (χ0n) is 13.8. The number of rotatable bonds is 4. The molecule has 0 aliphatic heterocycles. The Bertz CT molecular complexity index is 1040. The molecule has 0 aliphatic carbocycles. The van der Waals surface area contributed by atoms with E-state index in [1.807, 2.05) is 37.4 Å². The van der Waals surface area contributed by atoms with Crippen molar-refractivity contribution in [3.8, 4) is 11.4 Å². The largest absolute Gasteiger partial charge is 0.330 e. The number of aryl methyl sites for hydroxylation is 2. The fourth-order valence-corrected chi connectivity index (χ4v) is 3.58. The van der Waals surface area contributed by atoms with E-state index in [0.29, 0.717) is 15.9 Å². The highest BCUT2D eigenvalue weighted by molar-refractivity contribution is 7.98. The van der Waals surface area contributed by atoms with Gasteiger partial charge in [-0.2, -0.15) is 0 Å². The minimum atomic E-state index is 0.688. The molecule has 5 nitrogen and oxygen atoms in total. The van der Waals surface area contributed by atoms with Crippen LogP contribution in [0.5, 0.6) is 0 Å². The Morgan fingerprint density at radius 2 is 1.92 bits per heavy atom. The van der Waals surface area contributed by atoms with Crippen molar-refractivity contribution in [2.24, 2.45) is 7.05 Å². The predicted octanol–water partition coefficient (Wildman–Crippen LogP) is 4.61. The molecule has 0 saturated carbocycles. The van der Waals surface area contributed by atoms with Crippen molar-refractivity contribution in [3.63, 3.8) is 0 Å². The van der Waals surface area contributed by atoms with E-state index >= 15 is 0 Å². The number of fused-ring (bicyclic) bond motifs is 1. The van der Waals surface area contributed by atoms with E-state index in [-0.39, 0.29) is 0 Å². The van der Waals surface area contributed by atoms with Crippen molar-refractivity contribution in [1.82, 2.24) is 24.7 Å². The molecule has 25 heavy (non-hydrogen) atoms. The number of benzene rings is 2. The summed E-state index contributed by atoms with van der Waals surface area (Å²) in [6.07, 6.45) is 0. The Morgan fingerprint density at radius 3 is 2.72 bits per heavy atom. The number of hydrogen-bond donors (Lipinski definition) is 1. The van der Waals surface area contributed by atoms with Crippen molar-refractivity contribution in [3.05, 3.63) is 58.9 Å². The molecule has 126 valence electrons. The molecule has 0 spiro atoms. The highest BCUT2D eigenvalue weighted by Crippen LogP contribution is 2.25. The fourth-order valence-electron chi connectivity index (χ4n) is 2.63. The van der Waals surface area contributed by atoms with E-state index in [4.69, 9.17) is 11.6 Å². The molecule has 0 radical (unpaired) electrons. The number of thioether (sulfide) groups is 1. The summed E-state index contributed by atoms with van der Waals surface area (Å²) in [5.74, 6) is 2.43.